The monoisotopic (exact) mass is 1150 g/mol. The third-order valence-electron chi connectivity index (χ3n) is 15.1. The van der Waals surface area contributed by atoms with Crippen LogP contribution >= 0.6 is 21.6 Å². The SMILES string of the molecule is CNC(=O)C(CCSSC(C)(C)CCCC(=O)Nc1cc(COc2cc3c(cc2C)C(=O)N2c4ccccc4C[C@H]2C(S(=O)(=O)OC)C3)cc(COc2cc3c(cc2OC)C(=O)N2c4ccccc4C[C@H]2CC3)c1)S(=O)(=O)OC. The summed E-state index contributed by atoms with van der Waals surface area (Å²) in [6.07, 6.45) is 4.12. The molecule has 0 spiro atoms. The number of methoxy groups -OCH3 is 1. The fraction of sp³-hybridized carbons (Fsp3) is 0.414. The summed E-state index contributed by atoms with van der Waals surface area (Å²) in [5, 5.41) is 3.10. The van der Waals surface area contributed by atoms with E-state index in [9.17, 15) is 36.0 Å². The molecule has 0 bridgehead atoms. The van der Waals surface area contributed by atoms with E-state index < -0.39 is 42.7 Å². The van der Waals surface area contributed by atoms with Crippen LogP contribution in [-0.2, 0) is 77.1 Å². The molecule has 17 nitrogen and oxygen atoms in total. The van der Waals surface area contributed by atoms with E-state index in [2.05, 4.69) is 20.9 Å². The Labute approximate surface area is 470 Å². The molecule has 4 heterocycles. The van der Waals surface area contributed by atoms with Gasteiger partial charge in [0.15, 0.2) is 16.7 Å². The highest BCUT2D eigenvalue weighted by Gasteiger charge is 2.48. The van der Waals surface area contributed by atoms with Gasteiger partial charge in [0.05, 0.1) is 27.4 Å². The van der Waals surface area contributed by atoms with E-state index in [1.165, 1.54) is 25.0 Å². The summed E-state index contributed by atoms with van der Waals surface area (Å²) in [6.45, 7) is 6.02. The van der Waals surface area contributed by atoms with Gasteiger partial charge in [-0.25, -0.2) is 0 Å². The number of anilines is 3. The van der Waals surface area contributed by atoms with Crippen LogP contribution in [0.25, 0.3) is 0 Å². The molecular formula is C58H66N4O13S4. The van der Waals surface area contributed by atoms with Crippen molar-refractivity contribution in [3.05, 3.63) is 141 Å². The highest BCUT2D eigenvalue weighted by atomic mass is 33.1. The number of amides is 4. The lowest BCUT2D eigenvalue weighted by Gasteiger charge is -2.28. The number of hydrogen-bond acceptors (Lipinski definition) is 15. The van der Waals surface area contributed by atoms with Crippen molar-refractivity contribution in [2.75, 3.05) is 49.2 Å². The highest BCUT2D eigenvalue weighted by Crippen LogP contribution is 2.44. The summed E-state index contributed by atoms with van der Waals surface area (Å²) in [4.78, 5) is 58.1. The van der Waals surface area contributed by atoms with E-state index in [1.807, 2.05) is 92.4 Å². The van der Waals surface area contributed by atoms with Gasteiger partial charge in [0, 0.05) is 58.2 Å². The first-order valence-electron chi connectivity index (χ1n) is 26.2. The minimum atomic E-state index is -4.10. The molecule has 79 heavy (non-hydrogen) atoms. The van der Waals surface area contributed by atoms with Gasteiger partial charge in [-0.15, -0.1) is 0 Å². The smallest absolute Gasteiger partial charge is 0.279 e. The van der Waals surface area contributed by atoms with Gasteiger partial charge in [0.2, 0.25) is 11.8 Å². The number of rotatable bonds is 22. The molecule has 0 aliphatic carbocycles. The third-order valence-corrected chi connectivity index (χ3v) is 21.8. The first kappa shape index (κ1) is 57.6. The van der Waals surface area contributed by atoms with Crippen molar-refractivity contribution in [3.8, 4) is 17.2 Å². The number of carbonyl (C=O) groups is 4. The molecule has 4 atom stereocenters. The van der Waals surface area contributed by atoms with Gasteiger partial charge in [-0.2, -0.15) is 16.8 Å². The molecule has 4 amide bonds. The molecule has 4 aliphatic heterocycles. The second-order valence-electron chi connectivity index (χ2n) is 20.8. The quantitative estimate of drug-likeness (QED) is 0.0376. The van der Waals surface area contributed by atoms with E-state index in [1.54, 1.807) is 33.9 Å². The molecule has 0 fully saturated rings. The predicted molar refractivity (Wildman–Crippen MR) is 308 cm³/mol. The molecule has 5 aromatic rings. The first-order valence-corrected chi connectivity index (χ1v) is 31.5. The molecule has 9 rings (SSSR count). The van der Waals surface area contributed by atoms with Crippen molar-refractivity contribution in [2.45, 2.75) is 119 Å². The van der Waals surface area contributed by atoms with Crippen molar-refractivity contribution in [1.82, 2.24) is 5.32 Å². The van der Waals surface area contributed by atoms with E-state index in [0.29, 0.717) is 93.4 Å². The number of benzene rings is 5. The maximum absolute atomic E-state index is 14.4. The van der Waals surface area contributed by atoms with Gasteiger partial charge in [-0.3, -0.25) is 27.5 Å². The van der Waals surface area contributed by atoms with Crippen LogP contribution in [0.4, 0.5) is 17.1 Å². The summed E-state index contributed by atoms with van der Waals surface area (Å²) in [6, 6.07) is 27.6. The second kappa shape index (κ2) is 23.9. The van der Waals surface area contributed by atoms with Crippen molar-refractivity contribution in [1.29, 1.82) is 0 Å². The largest absolute Gasteiger partial charge is 0.493 e. The van der Waals surface area contributed by atoms with E-state index in [-0.39, 0.29) is 61.0 Å². The topological polar surface area (TPSA) is 213 Å². The number of para-hydroxylation sites is 2. The first-order chi connectivity index (χ1) is 37.7. The Hall–Kier alpha value is -6.10. The molecule has 0 radical (unpaired) electrons. The zero-order valence-electron chi connectivity index (χ0n) is 45.3. The van der Waals surface area contributed by atoms with Crippen LogP contribution < -0.4 is 34.6 Å². The van der Waals surface area contributed by atoms with Crippen molar-refractivity contribution >= 4 is 82.5 Å². The number of ether oxygens (including phenoxy) is 3. The molecule has 420 valence electrons. The lowest BCUT2D eigenvalue weighted by molar-refractivity contribution is -0.120. The second-order valence-corrected chi connectivity index (χ2v) is 27.8. The zero-order chi connectivity index (χ0) is 56.4. The van der Waals surface area contributed by atoms with E-state index >= 15 is 0 Å². The molecule has 0 aromatic heterocycles. The van der Waals surface area contributed by atoms with Crippen molar-refractivity contribution in [2.24, 2.45) is 0 Å². The molecule has 4 aliphatic rings. The van der Waals surface area contributed by atoms with Crippen molar-refractivity contribution < 1.29 is 58.6 Å². The fourth-order valence-corrected chi connectivity index (χ4v) is 16.2. The van der Waals surface area contributed by atoms with Gasteiger partial charge >= 0.3 is 0 Å². The fourth-order valence-electron chi connectivity index (χ4n) is 11.1. The Morgan fingerprint density at radius 3 is 2.05 bits per heavy atom. The summed E-state index contributed by atoms with van der Waals surface area (Å²) < 4.78 is 80.3. The average Bonchev–Trinajstić information content (AvgIpc) is 4.17. The average molecular weight is 1160 g/mol. The minimum Gasteiger partial charge on any atom is -0.493 e. The Bertz CT molecular complexity index is 3410. The molecule has 21 heteroatoms. The number of nitrogens with one attached hydrogen (secondary N) is 2. The van der Waals surface area contributed by atoms with Crippen LogP contribution in [0.1, 0.15) is 106 Å². The normalized spacial score (nSPS) is 18.0. The summed E-state index contributed by atoms with van der Waals surface area (Å²) >= 11 is 0. The van der Waals surface area contributed by atoms with Crippen LogP contribution in [0.5, 0.6) is 17.2 Å². The van der Waals surface area contributed by atoms with Crippen LogP contribution in [0.3, 0.4) is 0 Å². The molecule has 0 saturated heterocycles. The van der Waals surface area contributed by atoms with Crippen LogP contribution in [-0.4, -0.2) is 102 Å². The van der Waals surface area contributed by atoms with Crippen LogP contribution in [0.2, 0.25) is 0 Å². The Morgan fingerprint density at radius 1 is 0.747 bits per heavy atom. The van der Waals surface area contributed by atoms with Crippen LogP contribution in [0.15, 0.2) is 91.0 Å². The number of hydrogen-bond donors (Lipinski definition) is 2. The number of aryl methyl sites for hydroxylation is 2. The third kappa shape index (κ3) is 12.5. The molecular weight excluding hydrogens is 1090 g/mol. The van der Waals surface area contributed by atoms with Gasteiger partial charge in [-0.05, 0) is 166 Å². The lowest BCUT2D eigenvalue weighted by atomic mass is 9.97. The summed E-state index contributed by atoms with van der Waals surface area (Å²) in [5.74, 6) is 0.483. The maximum Gasteiger partial charge on any atom is 0.279 e. The van der Waals surface area contributed by atoms with Gasteiger partial charge in [0.25, 0.3) is 32.1 Å². The van der Waals surface area contributed by atoms with E-state index in [4.69, 9.17) is 18.4 Å². The van der Waals surface area contributed by atoms with E-state index in [0.717, 1.165) is 49.4 Å². The molecule has 5 aromatic carbocycles. The molecule has 2 N–H and O–H groups in total. The number of carbonyl (C=O) groups excluding carboxylic acids is 4. The highest BCUT2D eigenvalue weighted by molar-refractivity contribution is 8.77. The predicted octanol–water partition coefficient (Wildman–Crippen LogP) is 8.90. The number of nitrogens with zero attached hydrogens (tertiary/aromatic N) is 2. The lowest BCUT2D eigenvalue weighted by Crippen LogP contribution is -2.47. The van der Waals surface area contributed by atoms with Gasteiger partial charge in [-0.1, -0.05) is 58.0 Å². The van der Waals surface area contributed by atoms with Gasteiger partial charge in [0.1, 0.15) is 24.2 Å². The van der Waals surface area contributed by atoms with Gasteiger partial charge < -0.3 is 34.6 Å². The maximum atomic E-state index is 14.4. The zero-order valence-corrected chi connectivity index (χ0v) is 48.6. The Morgan fingerprint density at radius 2 is 1.38 bits per heavy atom. The van der Waals surface area contributed by atoms with Crippen LogP contribution in [0, 0.1) is 6.92 Å². The Kier molecular flexibility index (Phi) is 17.4. The van der Waals surface area contributed by atoms with Crippen molar-refractivity contribution in [3.63, 3.8) is 0 Å². The summed E-state index contributed by atoms with van der Waals surface area (Å²) in [7, 11) is -0.0392. The molecule has 2 unspecified atom stereocenters. The minimum absolute atomic E-state index is 0.0225. The standard InChI is InChI=1S/C58H66N4O13S4/c1-35-23-44-41(31-53(79(69,70)73-7)48-28-40-14-9-11-16-47(40)62(48)57(44)66)30-49(35)74-33-36-24-37(26-42(25-36)60-54(63)17-12-21-58(2,3)77-76-22-20-52(55(64)59-4)78(67,68)72-6)34-75-51-29-38-18-19-43-27-39-13-8-10-15-46(39)61(43)56(65)45(38)32-50(51)71-5/h8-11,13-16,23-26,29-30,32,43,48,52-53H,12,17-22,27-28,31,33-34H2,1-7H3,(H,59,64)(H,60,63)/t43-,48+,52?,53?/m1/s1. The number of fused-ring (bicyclic) bond motifs is 8. The Balaban J connectivity index is 0.929. The molecule has 0 saturated carbocycles. The summed E-state index contributed by atoms with van der Waals surface area (Å²) in [5.41, 5.74) is 8.57.